The van der Waals surface area contributed by atoms with Crippen LogP contribution in [0, 0.1) is 0 Å². The van der Waals surface area contributed by atoms with Crippen LogP contribution in [-0.2, 0) is 27.9 Å². The van der Waals surface area contributed by atoms with E-state index in [4.69, 9.17) is 18.5 Å². The largest absolute Gasteiger partial charge is 0.472 e. The lowest BCUT2D eigenvalue weighted by Gasteiger charge is -2.24. The van der Waals surface area contributed by atoms with Crippen molar-refractivity contribution in [3.05, 3.63) is 48.6 Å². The molecule has 0 aliphatic carbocycles. The second-order valence-electron chi connectivity index (χ2n) is 15.0. The predicted octanol–water partition coefficient (Wildman–Crippen LogP) is 12.0. The second-order valence-corrected chi connectivity index (χ2v) is 16.5. The number of ether oxygens (including phenoxy) is 2. The van der Waals surface area contributed by atoms with Gasteiger partial charge < -0.3 is 18.9 Å². The van der Waals surface area contributed by atoms with Gasteiger partial charge in [-0.1, -0.05) is 133 Å². The minimum Gasteiger partial charge on any atom is -0.457 e. The van der Waals surface area contributed by atoms with Crippen molar-refractivity contribution < 1.29 is 37.3 Å². The maximum absolute atomic E-state index is 12.6. The number of esters is 1. The van der Waals surface area contributed by atoms with Gasteiger partial charge in [0.15, 0.2) is 0 Å². The number of rotatable bonds is 38. The molecule has 304 valence electrons. The summed E-state index contributed by atoms with van der Waals surface area (Å²) in [5.41, 5.74) is 0. The molecule has 0 aromatic carbocycles. The molecular weight excluding hydrogens is 673 g/mol. The minimum absolute atomic E-state index is 0.0832. The van der Waals surface area contributed by atoms with E-state index in [-0.39, 0.29) is 25.8 Å². The van der Waals surface area contributed by atoms with E-state index in [0.717, 1.165) is 70.6 Å². The molecule has 0 saturated heterocycles. The number of likely N-dealkylation sites (N-methyl/N-ethyl adjacent to an activating group) is 1. The molecular formula is C43H81NO7P+. The van der Waals surface area contributed by atoms with Crippen LogP contribution in [-0.4, -0.2) is 75.6 Å². The van der Waals surface area contributed by atoms with Gasteiger partial charge in [-0.05, 0) is 70.6 Å². The number of hydrogen-bond donors (Lipinski definition) is 1. The molecule has 0 bridgehead atoms. The summed E-state index contributed by atoms with van der Waals surface area (Å²) < 4.78 is 34.9. The van der Waals surface area contributed by atoms with Crippen molar-refractivity contribution in [1.82, 2.24) is 0 Å². The fourth-order valence-corrected chi connectivity index (χ4v) is 6.07. The first-order valence-corrected chi connectivity index (χ1v) is 22.4. The van der Waals surface area contributed by atoms with Crippen LogP contribution in [0.25, 0.3) is 0 Å². The monoisotopic (exact) mass is 755 g/mol. The van der Waals surface area contributed by atoms with Crippen molar-refractivity contribution in [1.29, 1.82) is 0 Å². The van der Waals surface area contributed by atoms with Crippen molar-refractivity contribution in [2.75, 3.05) is 54.1 Å². The Labute approximate surface area is 320 Å². The number of quaternary nitrogens is 1. The third kappa shape index (κ3) is 39.7. The average Bonchev–Trinajstić information content (AvgIpc) is 3.09. The van der Waals surface area contributed by atoms with Gasteiger partial charge >= 0.3 is 13.8 Å². The van der Waals surface area contributed by atoms with Crippen LogP contribution < -0.4 is 0 Å². The lowest BCUT2D eigenvalue weighted by molar-refractivity contribution is -0.870. The number of carbonyl (C=O) groups excluding carboxylic acids is 1. The quantitative estimate of drug-likeness (QED) is 0.0221. The molecule has 2 atom stereocenters. The zero-order chi connectivity index (χ0) is 38.4. The highest BCUT2D eigenvalue weighted by atomic mass is 31.2. The number of unbranched alkanes of at least 4 members (excludes halogenated alkanes) is 16. The van der Waals surface area contributed by atoms with Gasteiger partial charge in [-0.15, -0.1) is 0 Å². The topological polar surface area (TPSA) is 91.3 Å². The lowest BCUT2D eigenvalue weighted by Crippen LogP contribution is -2.37. The molecule has 1 N–H and O–H groups in total. The molecule has 0 rings (SSSR count). The third-order valence-electron chi connectivity index (χ3n) is 8.59. The SMILES string of the molecule is CCC/C=C\CCCCCCCC(=O)OC(COCCCCCCCCC/C=C\C/C=C\C/C=C\CCCCC)COP(=O)(O)OCC[N+](C)(C)C. The van der Waals surface area contributed by atoms with E-state index in [0.29, 0.717) is 24.1 Å². The van der Waals surface area contributed by atoms with Gasteiger partial charge in [0.1, 0.15) is 19.3 Å². The summed E-state index contributed by atoms with van der Waals surface area (Å²) >= 11 is 0. The van der Waals surface area contributed by atoms with Crippen LogP contribution in [0.1, 0.15) is 162 Å². The van der Waals surface area contributed by atoms with Crippen molar-refractivity contribution in [3.63, 3.8) is 0 Å². The Hall–Kier alpha value is -1.54. The number of allylic oxidation sites excluding steroid dienone is 8. The zero-order valence-electron chi connectivity index (χ0n) is 34.3. The van der Waals surface area contributed by atoms with Gasteiger partial charge in [0, 0.05) is 13.0 Å². The van der Waals surface area contributed by atoms with Gasteiger partial charge in [-0.2, -0.15) is 0 Å². The first-order valence-electron chi connectivity index (χ1n) is 20.9. The maximum atomic E-state index is 12.6. The standard InChI is InChI=1S/C43H80NO7P/c1-6-8-10-12-14-16-18-19-20-21-22-23-24-25-26-27-29-31-33-35-38-48-40-42(41-50-52(46,47)49-39-37-44(3,4)5)51-43(45)36-34-32-30-28-17-15-13-11-9-7-2/h11,13-14,16,19-20,22-23,42H,6-10,12,15,17-18,21,24-41H2,1-5H3/p+1/b13-11-,16-14-,20-19-,23-22-. The summed E-state index contributed by atoms with van der Waals surface area (Å²) in [4.78, 5) is 22.8. The fourth-order valence-electron chi connectivity index (χ4n) is 5.32. The van der Waals surface area contributed by atoms with Crippen LogP contribution in [0.5, 0.6) is 0 Å². The van der Waals surface area contributed by atoms with Crippen molar-refractivity contribution in [3.8, 4) is 0 Å². The highest BCUT2D eigenvalue weighted by Gasteiger charge is 2.26. The predicted molar refractivity (Wildman–Crippen MR) is 219 cm³/mol. The summed E-state index contributed by atoms with van der Waals surface area (Å²) in [6, 6.07) is 0. The highest BCUT2D eigenvalue weighted by Crippen LogP contribution is 2.43. The summed E-state index contributed by atoms with van der Waals surface area (Å²) in [5.74, 6) is -0.331. The zero-order valence-corrected chi connectivity index (χ0v) is 35.2. The Morgan fingerprint density at radius 2 is 1.10 bits per heavy atom. The molecule has 52 heavy (non-hydrogen) atoms. The van der Waals surface area contributed by atoms with Gasteiger partial charge in [0.25, 0.3) is 0 Å². The summed E-state index contributed by atoms with van der Waals surface area (Å²) in [7, 11) is 1.65. The Balaban J connectivity index is 4.22. The van der Waals surface area contributed by atoms with E-state index in [1.165, 1.54) is 70.6 Å². The Morgan fingerprint density at radius 1 is 0.596 bits per heavy atom. The molecule has 0 heterocycles. The van der Waals surface area contributed by atoms with E-state index < -0.39 is 13.9 Å². The van der Waals surface area contributed by atoms with E-state index in [1.807, 2.05) is 21.1 Å². The Kier molecular flexibility index (Phi) is 35.4. The van der Waals surface area contributed by atoms with Crippen molar-refractivity contribution in [2.45, 2.75) is 168 Å². The molecule has 0 radical (unpaired) electrons. The van der Waals surface area contributed by atoms with Crippen LogP contribution in [0.4, 0.5) is 0 Å². The molecule has 8 nitrogen and oxygen atoms in total. The first-order chi connectivity index (χ1) is 25.1. The highest BCUT2D eigenvalue weighted by molar-refractivity contribution is 7.47. The van der Waals surface area contributed by atoms with Crippen molar-refractivity contribution in [2.24, 2.45) is 0 Å². The summed E-state index contributed by atoms with van der Waals surface area (Å²) in [6.45, 7) is 5.48. The molecule has 9 heteroatoms. The van der Waals surface area contributed by atoms with Gasteiger partial charge in [0.2, 0.25) is 0 Å². The normalized spacial score (nSPS) is 14.3. The lowest BCUT2D eigenvalue weighted by atomic mass is 10.1. The number of phosphoric acid groups is 1. The molecule has 2 unspecified atom stereocenters. The maximum Gasteiger partial charge on any atom is 0.472 e. The van der Waals surface area contributed by atoms with E-state index in [1.54, 1.807) is 0 Å². The molecule has 0 amide bonds. The molecule has 0 aromatic heterocycles. The third-order valence-corrected chi connectivity index (χ3v) is 9.58. The fraction of sp³-hybridized carbons (Fsp3) is 0.791. The Bertz CT molecular complexity index is 973. The van der Waals surface area contributed by atoms with Crippen LogP contribution in [0.15, 0.2) is 48.6 Å². The number of hydrogen-bond acceptors (Lipinski definition) is 6. The van der Waals surface area contributed by atoms with Gasteiger partial charge in [-0.25, -0.2) is 4.57 Å². The van der Waals surface area contributed by atoms with E-state index in [9.17, 15) is 14.3 Å². The molecule has 0 aliphatic rings. The van der Waals surface area contributed by atoms with Crippen LogP contribution in [0.2, 0.25) is 0 Å². The van der Waals surface area contributed by atoms with Crippen molar-refractivity contribution >= 4 is 13.8 Å². The Morgan fingerprint density at radius 3 is 1.67 bits per heavy atom. The van der Waals surface area contributed by atoms with Crippen LogP contribution >= 0.6 is 7.82 Å². The average molecular weight is 755 g/mol. The number of nitrogens with zero attached hydrogens (tertiary/aromatic N) is 1. The van der Waals surface area contributed by atoms with Gasteiger partial charge in [-0.3, -0.25) is 13.8 Å². The number of phosphoric ester groups is 1. The molecule has 0 aliphatic heterocycles. The van der Waals surface area contributed by atoms with E-state index >= 15 is 0 Å². The molecule has 0 fully saturated rings. The smallest absolute Gasteiger partial charge is 0.457 e. The van der Waals surface area contributed by atoms with E-state index in [2.05, 4.69) is 62.5 Å². The molecule has 0 spiro atoms. The summed E-state index contributed by atoms with van der Waals surface area (Å²) in [6.07, 6.45) is 42.9. The first kappa shape index (κ1) is 50.5. The van der Waals surface area contributed by atoms with Crippen LogP contribution in [0.3, 0.4) is 0 Å². The minimum atomic E-state index is -4.27. The molecule has 0 saturated carbocycles. The summed E-state index contributed by atoms with van der Waals surface area (Å²) in [5, 5.41) is 0. The second kappa shape index (κ2) is 36.4. The number of carbonyl (C=O) groups is 1. The molecule has 0 aromatic rings. The van der Waals surface area contributed by atoms with Gasteiger partial charge in [0.05, 0.1) is 34.4 Å².